The van der Waals surface area contributed by atoms with Crippen molar-refractivity contribution in [1.82, 2.24) is 0 Å². The van der Waals surface area contributed by atoms with E-state index in [0.29, 0.717) is 35.0 Å². The van der Waals surface area contributed by atoms with Gasteiger partial charge in [-0.25, -0.2) is 12.0 Å². The molecule has 5 saturated carbocycles. The minimum absolute atomic E-state index is 0. The smallest absolute Gasteiger partial charge is 1.00 e. The van der Waals surface area contributed by atoms with Gasteiger partial charge < -0.3 is 24.8 Å². The third kappa shape index (κ3) is 5.19. The van der Waals surface area contributed by atoms with Crippen LogP contribution in [0.25, 0.3) is 5.57 Å². The van der Waals surface area contributed by atoms with Crippen LogP contribution in [-0.2, 0) is 38.0 Å². The van der Waals surface area contributed by atoms with Crippen LogP contribution in [0.2, 0.25) is 0 Å². The SMILES string of the molecule is C[C-]1C2=C3Cc4ccccc4C3=C3C=CC(C)C(C)C3(C)C2(C)C(C)C(C)C1C.Cc1cc(C23CC4CC(CC(C4)C2)C3)c[cH-]1.[Cl-].[Cl-].[Zr+4]. The van der Waals surface area contributed by atoms with E-state index in [2.05, 4.69) is 117 Å². The maximum atomic E-state index is 2.63. The third-order valence-corrected chi connectivity index (χ3v) is 16.1. The average molecular weight is 761 g/mol. The first-order valence-electron chi connectivity index (χ1n) is 18.7. The van der Waals surface area contributed by atoms with Crippen molar-refractivity contribution < 1.29 is 51.0 Å². The molecule has 0 spiro atoms. The normalized spacial score (nSPS) is 41.1. The van der Waals surface area contributed by atoms with E-state index in [9.17, 15) is 0 Å². The quantitative estimate of drug-likeness (QED) is 0.320. The zero-order valence-corrected chi connectivity index (χ0v) is 35.0. The number of rotatable bonds is 1. The van der Waals surface area contributed by atoms with E-state index in [1.165, 1.54) is 36.0 Å². The molecule has 0 radical (unpaired) electrons. The molecule has 0 amide bonds. The summed E-state index contributed by atoms with van der Waals surface area (Å²) in [7, 11) is 0. The summed E-state index contributed by atoms with van der Waals surface area (Å²) in [6, 6.07) is 16.4. The molecule has 0 nitrogen and oxygen atoms in total. The molecule has 8 aliphatic rings. The van der Waals surface area contributed by atoms with Crippen molar-refractivity contribution in [2.45, 2.75) is 113 Å². The fourth-order valence-corrected chi connectivity index (χ4v) is 13.2. The second-order valence-corrected chi connectivity index (χ2v) is 17.9. The summed E-state index contributed by atoms with van der Waals surface area (Å²) in [5.41, 5.74) is 13.7. The monoisotopic (exact) mass is 758 g/mol. The maximum absolute atomic E-state index is 2.63. The molecule has 48 heavy (non-hydrogen) atoms. The standard InChI is InChI=1S/C29H37.C16H21.2ClH.Zr/c1-16-13-14-25-26-23-12-10-9-11-22(23)15-24(26)27-19(4)17(2)18(3)21(6)29(27,8)28(25,7)20(16)5;1-11-2-3-15(4-11)16-8-12-5-13(9-16)7-14(6-12)10-16;;;/h9-14,16-18,20-21H,15H2,1-8H3;2-4,12-14H,5-10H2,1H3;2*1H;/q2*-1;;;+4/p-2. The average Bonchev–Trinajstić information content (AvgIpc) is 3.62. The van der Waals surface area contributed by atoms with Crippen LogP contribution in [0.4, 0.5) is 0 Å². The van der Waals surface area contributed by atoms with Crippen molar-refractivity contribution >= 4 is 5.57 Å². The molecule has 0 aromatic heterocycles. The fourth-order valence-electron chi connectivity index (χ4n) is 13.2. The molecule has 7 unspecified atom stereocenters. The van der Waals surface area contributed by atoms with Crippen molar-refractivity contribution in [2.24, 2.45) is 58.2 Å². The van der Waals surface area contributed by atoms with Crippen molar-refractivity contribution in [3.05, 3.63) is 99.5 Å². The summed E-state index contributed by atoms with van der Waals surface area (Å²) in [5, 5.41) is 0. The first-order chi connectivity index (χ1) is 21.4. The molecule has 2 aromatic rings. The molecule has 5 fully saturated rings. The topological polar surface area (TPSA) is 0 Å². The van der Waals surface area contributed by atoms with Gasteiger partial charge in [0.25, 0.3) is 0 Å². The number of aryl methyl sites for hydroxylation is 1. The van der Waals surface area contributed by atoms with Gasteiger partial charge in [0, 0.05) is 5.41 Å². The van der Waals surface area contributed by atoms with Crippen LogP contribution < -0.4 is 24.8 Å². The van der Waals surface area contributed by atoms with Crippen molar-refractivity contribution in [3.8, 4) is 0 Å². The van der Waals surface area contributed by atoms with Gasteiger partial charge in [0.1, 0.15) is 0 Å². The number of hydrogen-bond acceptors (Lipinski definition) is 0. The molecule has 2 aromatic carbocycles. The molecule has 0 aliphatic heterocycles. The van der Waals surface area contributed by atoms with Gasteiger partial charge in [0.15, 0.2) is 0 Å². The second-order valence-electron chi connectivity index (χ2n) is 17.9. The van der Waals surface area contributed by atoms with Gasteiger partial charge in [-0.1, -0.05) is 146 Å². The summed E-state index contributed by atoms with van der Waals surface area (Å²) in [4.78, 5) is 0. The first kappa shape index (κ1) is 38.4. The molecule has 0 heterocycles. The Morgan fingerprint density at radius 1 is 0.833 bits per heavy atom. The van der Waals surface area contributed by atoms with Crippen molar-refractivity contribution in [1.29, 1.82) is 0 Å². The number of fused-ring (bicyclic) bond motifs is 6. The van der Waals surface area contributed by atoms with Crippen LogP contribution in [-0.4, -0.2) is 0 Å². The summed E-state index contributed by atoms with van der Waals surface area (Å²) < 4.78 is 0. The number of allylic oxidation sites excluding steroid dienone is 6. The summed E-state index contributed by atoms with van der Waals surface area (Å²) in [6.45, 7) is 22.4. The van der Waals surface area contributed by atoms with Crippen LogP contribution in [0.1, 0.15) is 116 Å². The molecule has 0 N–H and O–H groups in total. The van der Waals surface area contributed by atoms with Crippen molar-refractivity contribution in [2.75, 3.05) is 0 Å². The number of hydrogen-bond donors (Lipinski definition) is 0. The van der Waals surface area contributed by atoms with Crippen molar-refractivity contribution in [3.63, 3.8) is 0 Å². The Balaban J connectivity index is 0.000000202. The van der Waals surface area contributed by atoms with Gasteiger partial charge in [-0.3, -0.25) is 0 Å². The Hall–Kier alpha value is -0.877. The van der Waals surface area contributed by atoms with E-state index in [4.69, 9.17) is 0 Å². The fraction of sp³-hybridized carbons (Fsp3) is 0.600. The molecule has 0 saturated heterocycles. The van der Waals surface area contributed by atoms with E-state index in [1.807, 2.05) is 0 Å². The van der Waals surface area contributed by atoms with E-state index in [1.54, 1.807) is 53.0 Å². The van der Waals surface area contributed by atoms with Gasteiger partial charge in [-0.2, -0.15) is 34.4 Å². The number of halogens is 2. The number of benzene rings is 1. The Morgan fingerprint density at radius 3 is 2.02 bits per heavy atom. The van der Waals surface area contributed by atoms with E-state index in [0.717, 1.165) is 24.2 Å². The van der Waals surface area contributed by atoms with E-state index >= 15 is 0 Å². The molecular formula is C45H58Cl2Zr. The minimum atomic E-state index is 0. The zero-order chi connectivity index (χ0) is 31.6. The van der Waals surface area contributed by atoms with Gasteiger partial charge >= 0.3 is 26.2 Å². The maximum Gasteiger partial charge on any atom is 4.00 e. The van der Waals surface area contributed by atoms with E-state index < -0.39 is 0 Å². The second kappa shape index (κ2) is 13.3. The largest absolute Gasteiger partial charge is 4.00 e. The summed E-state index contributed by atoms with van der Waals surface area (Å²) in [6.07, 6.45) is 15.3. The van der Waals surface area contributed by atoms with Crippen LogP contribution >= 0.6 is 0 Å². The van der Waals surface area contributed by atoms with Crippen LogP contribution in [0.15, 0.2) is 71.3 Å². The molecular weight excluding hydrogens is 703 g/mol. The van der Waals surface area contributed by atoms with Gasteiger partial charge in [-0.15, -0.1) is 6.92 Å². The Bertz CT molecular complexity index is 1590. The Labute approximate surface area is 324 Å². The Kier molecular flexibility index (Phi) is 10.6. The first-order valence-corrected chi connectivity index (χ1v) is 18.7. The minimum Gasteiger partial charge on any atom is -1.00 e. The van der Waals surface area contributed by atoms with Gasteiger partial charge in [0.2, 0.25) is 0 Å². The van der Waals surface area contributed by atoms with Gasteiger partial charge in [-0.05, 0) is 71.7 Å². The molecule has 10 rings (SSSR count). The molecule has 256 valence electrons. The Morgan fingerprint density at radius 2 is 1.44 bits per heavy atom. The third-order valence-electron chi connectivity index (χ3n) is 16.1. The predicted molar refractivity (Wildman–Crippen MR) is 191 cm³/mol. The summed E-state index contributed by atoms with van der Waals surface area (Å²) >= 11 is 0. The van der Waals surface area contributed by atoms with E-state index in [-0.39, 0.29) is 61.8 Å². The predicted octanol–water partition coefficient (Wildman–Crippen LogP) is 5.86. The molecule has 3 heteroatoms. The van der Waals surface area contributed by atoms with Crippen LogP contribution in [0.3, 0.4) is 0 Å². The molecule has 8 aliphatic carbocycles. The molecule has 4 bridgehead atoms. The zero-order valence-electron chi connectivity index (χ0n) is 31.0. The molecule has 7 atom stereocenters. The van der Waals surface area contributed by atoms with Crippen LogP contribution in [0, 0.1) is 71.0 Å². The van der Waals surface area contributed by atoms with Crippen LogP contribution in [0.5, 0.6) is 0 Å². The summed E-state index contributed by atoms with van der Waals surface area (Å²) in [5.74, 6) is 8.14. The van der Waals surface area contributed by atoms with Gasteiger partial charge in [0.05, 0.1) is 0 Å².